The predicted octanol–water partition coefficient (Wildman–Crippen LogP) is 2.89. The van der Waals surface area contributed by atoms with Crippen LogP contribution in [0.15, 0.2) is 28.7 Å². The van der Waals surface area contributed by atoms with E-state index in [0.717, 1.165) is 47.9 Å². The summed E-state index contributed by atoms with van der Waals surface area (Å²) in [4.78, 5) is 1.74. The molecule has 0 amide bonds. The number of hydrogen-bond donors (Lipinski definition) is 2. The molecule has 0 radical (unpaired) electrons. The van der Waals surface area contributed by atoms with Crippen LogP contribution in [-0.2, 0) is 5.60 Å². The molecule has 0 aromatic heterocycles. The Morgan fingerprint density at radius 3 is 2.43 bits per heavy atom. The molecule has 3 rings (SSSR count). The standard InChI is InChI=1S/C18H26BrNO/c1-14-3-2-4-17(13-14)20-11-9-18(21,10-12-20)15-5-7-16(19)8-6-15/h5-8,14,17,21H,2-4,9-13H2,1H3/p+1/t14-,17-/m0/s1. The van der Waals surface area contributed by atoms with Crippen molar-refractivity contribution in [3.8, 4) is 0 Å². The molecule has 2 nitrogen and oxygen atoms in total. The normalized spacial score (nSPS) is 37.4. The average molecular weight is 353 g/mol. The minimum absolute atomic E-state index is 0.607. The fraction of sp³-hybridized carbons (Fsp3) is 0.667. The van der Waals surface area contributed by atoms with Crippen LogP contribution in [0.3, 0.4) is 0 Å². The van der Waals surface area contributed by atoms with E-state index in [1.165, 1.54) is 25.7 Å². The molecule has 1 aromatic carbocycles. The van der Waals surface area contributed by atoms with Crippen molar-refractivity contribution in [2.45, 2.75) is 57.1 Å². The molecule has 1 saturated carbocycles. The second kappa shape index (κ2) is 6.39. The van der Waals surface area contributed by atoms with Gasteiger partial charge in [0.1, 0.15) is 5.60 Å². The maximum Gasteiger partial charge on any atom is 0.100 e. The summed E-state index contributed by atoms with van der Waals surface area (Å²) in [6, 6.07) is 9.04. The van der Waals surface area contributed by atoms with E-state index >= 15 is 0 Å². The number of rotatable bonds is 2. The van der Waals surface area contributed by atoms with E-state index in [-0.39, 0.29) is 0 Å². The lowest BCUT2D eigenvalue weighted by atomic mass is 9.81. The zero-order valence-electron chi connectivity index (χ0n) is 12.9. The summed E-state index contributed by atoms with van der Waals surface area (Å²) in [6.45, 7) is 4.63. The third-order valence-corrected chi connectivity index (χ3v) is 6.14. The average Bonchev–Trinajstić information content (AvgIpc) is 2.48. The van der Waals surface area contributed by atoms with Gasteiger partial charge < -0.3 is 10.0 Å². The fourth-order valence-electron chi connectivity index (χ4n) is 4.25. The van der Waals surface area contributed by atoms with Crippen molar-refractivity contribution in [3.63, 3.8) is 0 Å². The van der Waals surface area contributed by atoms with Gasteiger partial charge in [0.15, 0.2) is 0 Å². The molecule has 1 heterocycles. The van der Waals surface area contributed by atoms with Crippen LogP contribution in [0.25, 0.3) is 0 Å². The van der Waals surface area contributed by atoms with E-state index in [1.807, 2.05) is 12.1 Å². The number of benzene rings is 1. The minimum Gasteiger partial charge on any atom is -0.385 e. The van der Waals surface area contributed by atoms with Gasteiger partial charge in [-0.25, -0.2) is 0 Å². The first kappa shape index (κ1) is 15.5. The van der Waals surface area contributed by atoms with Gasteiger partial charge in [-0.05, 0) is 36.5 Å². The summed E-state index contributed by atoms with van der Waals surface area (Å²) in [5.41, 5.74) is 0.478. The van der Waals surface area contributed by atoms with Crippen LogP contribution in [0.5, 0.6) is 0 Å². The lowest BCUT2D eigenvalue weighted by molar-refractivity contribution is -0.934. The quantitative estimate of drug-likeness (QED) is 0.840. The van der Waals surface area contributed by atoms with E-state index in [1.54, 1.807) is 4.90 Å². The monoisotopic (exact) mass is 352 g/mol. The van der Waals surface area contributed by atoms with Gasteiger partial charge in [0, 0.05) is 23.7 Å². The molecule has 2 N–H and O–H groups in total. The summed E-state index contributed by atoms with van der Waals surface area (Å²) in [5.74, 6) is 0.892. The first-order chi connectivity index (χ1) is 10.1. The van der Waals surface area contributed by atoms with Crippen LogP contribution in [-0.4, -0.2) is 24.2 Å². The molecular formula is C18H27BrNO+. The van der Waals surface area contributed by atoms with Gasteiger partial charge in [0.05, 0.1) is 19.1 Å². The summed E-state index contributed by atoms with van der Waals surface area (Å²) in [6.07, 6.45) is 7.37. The molecule has 0 bridgehead atoms. The second-order valence-electron chi connectivity index (χ2n) is 7.17. The van der Waals surface area contributed by atoms with E-state index in [4.69, 9.17) is 0 Å². The Kier molecular flexibility index (Phi) is 4.72. The Hall–Kier alpha value is -0.380. The molecular weight excluding hydrogens is 326 g/mol. The third-order valence-electron chi connectivity index (χ3n) is 5.61. The van der Waals surface area contributed by atoms with E-state index < -0.39 is 5.60 Å². The van der Waals surface area contributed by atoms with Gasteiger partial charge in [0.2, 0.25) is 0 Å². The molecule has 0 spiro atoms. The second-order valence-corrected chi connectivity index (χ2v) is 8.08. The number of nitrogens with one attached hydrogen (secondary N) is 1. The van der Waals surface area contributed by atoms with Crippen LogP contribution in [0, 0.1) is 5.92 Å². The van der Waals surface area contributed by atoms with Crippen molar-refractivity contribution < 1.29 is 10.0 Å². The van der Waals surface area contributed by atoms with Crippen LogP contribution >= 0.6 is 15.9 Å². The maximum atomic E-state index is 11.0. The number of quaternary nitrogens is 1. The first-order valence-corrected chi connectivity index (χ1v) is 9.19. The van der Waals surface area contributed by atoms with Crippen LogP contribution < -0.4 is 4.90 Å². The van der Waals surface area contributed by atoms with Crippen molar-refractivity contribution in [1.82, 2.24) is 0 Å². The van der Waals surface area contributed by atoms with Crippen LogP contribution in [0.4, 0.5) is 0 Å². The lowest BCUT2D eigenvalue weighted by Crippen LogP contribution is -3.17. The van der Waals surface area contributed by atoms with E-state index in [2.05, 4.69) is 35.0 Å². The van der Waals surface area contributed by atoms with Crippen molar-refractivity contribution in [2.24, 2.45) is 5.92 Å². The Labute approximate surface area is 136 Å². The SMILES string of the molecule is C[C@H]1CCC[C@H]([NH+]2CCC(O)(c3ccc(Br)cc3)CC2)C1. The summed E-state index contributed by atoms with van der Waals surface area (Å²) >= 11 is 3.47. The van der Waals surface area contributed by atoms with Crippen LogP contribution in [0.1, 0.15) is 51.0 Å². The van der Waals surface area contributed by atoms with Gasteiger partial charge in [-0.15, -0.1) is 0 Å². The van der Waals surface area contributed by atoms with Gasteiger partial charge in [0.25, 0.3) is 0 Å². The van der Waals surface area contributed by atoms with Gasteiger partial charge >= 0.3 is 0 Å². The lowest BCUT2D eigenvalue weighted by Gasteiger charge is -2.41. The van der Waals surface area contributed by atoms with Crippen LogP contribution in [0.2, 0.25) is 0 Å². The zero-order valence-corrected chi connectivity index (χ0v) is 14.5. The van der Waals surface area contributed by atoms with E-state index in [0.29, 0.717) is 0 Å². The smallest absolute Gasteiger partial charge is 0.100 e. The molecule has 1 saturated heterocycles. The van der Waals surface area contributed by atoms with Crippen molar-refractivity contribution in [3.05, 3.63) is 34.3 Å². The Bertz CT molecular complexity index is 465. The number of likely N-dealkylation sites (tertiary alicyclic amines) is 1. The number of piperidine rings is 1. The first-order valence-electron chi connectivity index (χ1n) is 8.40. The van der Waals surface area contributed by atoms with Crippen molar-refractivity contribution >= 4 is 15.9 Å². The molecule has 21 heavy (non-hydrogen) atoms. The molecule has 116 valence electrons. The fourth-order valence-corrected chi connectivity index (χ4v) is 4.51. The highest BCUT2D eigenvalue weighted by atomic mass is 79.9. The Balaban J connectivity index is 1.62. The topological polar surface area (TPSA) is 24.7 Å². The van der Waals surface area contributed by atoms with Gasteiger partial charge in [-0.3, -0.25) is 0 Å². The molecule has 3 heteroatoms. The number of hydrogen-bond acceptors (Lipinski definition) is 1. The zero-order chi connectivity index (χ0) is 14.9. The molecule has 1 aromatic rings. The van der Waals surface area contributed by atoms with E-state index in [9.17, 15) is 5.11 Å². The summed E-state index contributed by atoms with van der Waals surface area (Å²) in [5, 5.41) is 11.0. The van der Waals surface area contributed by atoms with Crippen molar-refractivity contribution in [2.75, 3.05) is 13.1 Å². The van der Waals surface area contributed by atoms with Gasteiger partial charge in [-0.2, -0.15) is 0 Å². The number of halogens is 1. The maximum absolute atomic E-state index is 11.0. The highest BCUT2D eigenvalue weighted by Gasteiger charge is 2.39. The highest BCUT2D eigenvalue weighted by molar-refractivity contribution is 9.10. The predicted molar refractivity (Wildman–Crippen MR) is 89.4 cm³/mol. The highest BCUT2D eigenvalue weighted by Crippen LogP contribution is 2.31. The molecule has 2 atom stereocenters. The number of aliphatic hydroxyl groups is 1. The molecule has 1 aliphatic carbocycles. The molecule has 0 unspecified atom stereocenters. The Morgan fingerprint density at radius 2 is 1.81 bits per heavy atom. The summed E-state index contributed by atoms with van der Waals surface area (Å²) in [7, 11) is 0. The third kappa shape index (κ3) is 3.52. The molecule has 2 aliphatic rings. The largest absolute Gasteiger partial charge is 0.385 e. The molecule has 2 fully saturated rings. The Morgan fingerprint density at radius 1 is 1.14 bits per heavy atom. The minimum atomic E-state index is -0.607. The van der Waals surface area contributed by atoms with Gasteiger partial charge in [-0.1, -0.05) is 41.4 Å². The summed E-state index contributed by atoms with van der Waals surface area (Å²) < 4.78 is 1.08. The van der Waals surface area contributed by atoms with Crippen molar-refractivity contribution in [1.29, 1.82) is 0 Å². The molecule has 1 aliphatic heterocycles.